The van der Waals surface area contributed by atoms with E-state index in [-0.39, 0.29) is 0 Å². The maximum absolute atomic E-state index is 12.0. The summed E-state index contributed by atoms with van der Waals surface area (Å²) in [7, 11) is 0. The fraction of sp³-hybridized carbons (Fsp3) is 0.115. The van der Waals surface area contributed by atoms with Gasteiger partial charge in [0.05, 0.1) is 24.5 Å². The molecule has 0 fully saturated rings. The number of carbonyl (C=O) groups is 1. The van der Waals surface area contributed by atoms with Gasteiger partial charge >= 0.3 is 0 Å². The molecule has 0 unspecified atom stereocenters. The summed E-state index contributed by atoms with van der Waals surface area (Å²) >= 11 is 0. The molecular formula is C26H24N4O2. The van der Waals surface area contributed by atoms with Crippen molar-refractivity contribution < 1.29 is 9.53 Å². The van der Waals surface area contributed by atoms with Crippen molar-refractivity contribution in [1.82, 2.24) is 9.97 Å². The quantitative estimate of drug-likeness (QED) is 0.293. The van der Waals surface area contributed by atoms with Crippen LogP contribution in [0.25, 0.3) is 11.3 Å². The van der Waals surface area contributed by atoms with Gasteiger partial charge in [0.1, 0.15) is 12.4 Å². The van der Waals surface area contributed by atoms with Crippen LogP contribution in [0.1, 0.15) is 5.56 Å². The van der Waals surface area contributed by atoms with E-state index in [2.05, 4.69) is 10.3 Å². The lowest BCUT2D eigenvalue weighted by Gasteiger charge is -2.21. The number of benzene rings is 2. The summed E-state index contributed by atoms with van der Waals surface area (Å²) in [5.41, 5.74) is 3.47. The number of nitrogens with one attached hydrogen (secondary N) is 1. The molecule has 0 atom stereocenters. The monoisotopic (exact) mass is 424 g/mol. The Bertz CT molecular complexity index is 1120. The van der Waals surface area contributed by atoms with Gasteiger partial charge in [-0.1, -0.05) is 54.6 Å². The van der Waals surface area contributed by atoms with Gasteiger partial charge in [-0.15, -0.1) is 0 Å². The molecule has 0 aliphatic carbocycles. The third-order valence-electron chi connectivity index (χ3n) is 4.86. The van der Waals surface area contributed by atoms with Crippen LogP contribution in [0.4, 0.5) is 11.5 Å². The number of anilines is 2. The molecule has 4 aromatic rings. The smallest absolute Gasteiger partial charge is 0.214 e. The zero-order valence-corrected chi connectivity index (χ0v) is 17.6. The highest BCUT2D eigenvalue weighted by Gasteiger charge is 2.14. The Hall–Kier alpha value is -4.19. The van der Waals surface area contributed by atoms with Crippen molar-refractivity contribution in [3.05, 3.63) is 103 Å². The van der Waals surface area contributed by atoms with Crippen LogP contribution >= 0.6 is 0 Å². The van der Waals surface area contributed by atoms with Crippen molar-refractivity contribution in [2.24, 2.45) is 0 Å². The molecule has 0 radical (unpaired) electrons. The molecule has 160 valence electrons. The first-order chi connectivity index (χ1) is 15.8. The zero-order valence-electron chi connectivity index (χ0n) is 17.6. The second-order valence-corrected chi connectivity index (χ2v) is 7.11. The Kier molecular flexibility index (Phi) is 7.06. The van der Waals surface area contributed by atoms with Gasteiger partial charge in [-0.2, -0.15) is 0 Å². The Balaban J connectivity index is 1.55. The topological polar surface area (TPSA) is 67.4 Å². The molecule has 2 aromatic carbocycles. The van der Waals surface area contributed by atoms with Gasteiger partial charge in [-0.05, 0) is 35.9 Å². The first kappa shape index (κ1) is 21.1. The average molecular weight is 425 g/mol. The van der Waals surface area contributed by atoms with Gasteiger partial charge < -0.3 is 15.0 Å². The normalized spacial score (nSPS) is 10.4. The predicted octanol–water partition coefficient (Wildman–Crippen LogP) is 4.80. The lowest BCUT2D eigenvalue weighted by molar-refractivity contribution is -0.107. The molecule has 2 heterocycles. The van der Waals surface area contributed by atoms with Gasteiger partial charge in [0.2, 0.25) is 6.41 Å². The zero-order chi connectivity index (χ0) is 22.0. The van der Waals surface area contributed by atoms with E-state index in [9.17, 15) is 4.79 Å². The van der Waals surface area contributed by atoms with Crippen LogP contribution in [0.5, 0.6) is 5.75 Å². The Morgan fingerprint density at radius 1 is 0.906 bits per heavy atom. The molecule has 0 aliphatic heterocycles. The molecule has 2 aromatic heterocycles. The average Bonchev–Trinajstić information content (AvgIpc) is 2.87. The number of carbonyl (C=O) groups excluding carboxylic acids is 1. The van der Waals surface area contributed by atoms with Crippen LogP contribution in [-0.4, -0.2) is 29.5 Å². The molecule has 32 heavy (non-hydrogen) atoms. The van der Waals surface area contributed by atoms with E-state index in [1.807, 2.05) is 84.9 Å². The van der Waals surface area contributed by atoms with Crippen LogP contribution in [0.3, 0.4) is 0 Å². The van der Waals surface area contributed by atoms with Crippen molar-refractivity contribution in [3.8, 4) is 17.0 Å². The number of nitrogens with zero attached hydrogens (tertiary/aromatic N) is 3. The molecule has 0 aliphatic rings. The Morgan fingerprint density at radius 3 is 2.41 bits per heavy atom. The lowest BCUT2D eigenvalue weighted by Crippen LogP contribution is -2.23. The summed E-state index contributed by atoms with van der Waals surface area (Å²) in [6, 6.07) is 27.3. The molecule has 0 saturated heterocycles. The fourth-order valence-electron chi connectivity index (χ4n) is 3.31. The van der Waals surface area contributed by atoms with Crippen molar-refractivity contribution in [2.75, 3.05) is 23.4 Å². The SMILES string of the molecule is O=CN(Cc1cccnc1)c1ccc(-c2ccccc2)nc1NCCOc1ccccc1. The minimum atomic E-state index is 0.402. The van der Waals surface area contributed by atoms with Crippen LogP contribution in [-0.2, 0) is 11.3 Å². The molecule has 6 heteroatoms. The highest BCUT2D eigenvalue weighted by molar-refractivity contribution is 5.83. The maximum Gasteiger partial charge on any atom is 0.214 e. The number of hydrogen-bond donors (Lipinski definition) is 1. The summed E-state index contributed by atoms with van der Waals surface area (Å²) < 4.78 is 5.78. The van der Waals surface area contributed by atoms with Crippen molar-refractivity contribution >= 4 is 17.9 Å². The molecule has 4 rings (SSSR count). The standard InChI is InChI=1S/C26H24N4O2/c31-20-30(19-21-8-7-15-27-18-21)25-14-13-24(22-9-3-1-4-10-22)29-26(25)28-16-17-32-23-11-5-2-6-12-23/h1-15,18,20H,16-17,19H2,(H,28,29). The van der Waals surface area contributed by atoms with Crippen molar-refractivity contribution in [3.63, 3.8) is 0 Å². The third-order valence-corrected chi connectivity index (χ3v) is 4.86. The number of ether oxygens (including phenoxy) is 1. The second kappa shape index (κ2) is 10.7. The fourth-order valence-corrected chi connectivity index (χ4v) is 3.31. The van der Waals surface area contributed by atoms with Crippen LogP contribution < -0.4 is 15.0 Å². The van der Waals surface area contributed by atoms with Gasteiger partial charge in [0.25, 0.3) is 0 Å². The summed E-state index contributed by atoms with van der Waals surface area (Å²) in [6.45, 7) is 1.40. The van der Waals surface area contributed by atoms with E-state index in [4.69, 9.17) is 9.72 Å². The number of para-hydroxylation sites is 1. The Morgan fingerprint density at radius 2 is 1.69 bits per heavy atom. The van der Waals surface area contributed by atoms with Crippen LogP contribution in [0, 0.1) is 0 Å². The molecule has 1 N–H and O–H groups in total. The third kappa shape index (κ3) is 5.49. The van der Waals surface area contributed by atoms with Crippen molar-refractivity contribution in [1.29, 1.82) is 0 Å². The highest BCUT2D eigenvalue weighted by atomic mass is 16.5. The predicted molar refractivity (Wildman–Crippen MR) is 127 cm³/mol. The van der Waals surface area contributed by atoms with Crippen LogP contribution in [0.15, 0.2) is 97.3 Å². The summed E-state index contributed by atoms with van der Waals surface area (Å²) in [5, 5.41) is 3.34. The summed E-state index contributed by atoms with van der Waals surface area (Å²) in [6.07, 6.45) is 4.28. The summed E-state index contributed by atoms with van der Waals surface area (Å²) in [5.74, 6) is 1.44. The van der Waals surface area contributed by atoms with E-state index in [0.29, 0.717) is 31.2 Å². The first-order valence-corrected chi connectivity index (χ1v) is 10.4. The van der Waals surface area contributed by atoms with Gasteiger partial charge in [-0.25, -0.2) is 4.98 Å². The van der Waals surface area contributed by atoms with Gasteiger partial charge in [-0.3, -0.25) is 9.78 Å². The van der Waals surface area contributed by atoms with E-state index in [0.717, 1.165) is 29.0 Å². The minimum absolute atomic E-state index is 0.402. The van der Waals surface area contributed by atoms with Crippen LogP contribution in [0.2, 0.25) is 0 Å². The Labute approximate surface area is 187 Å². The van der Waals surface area contributed by atoms with Gasteiger partial charge in [0, 0.05) is 18.0 Å². The maximum atomic E-state index is 12.0. The molecule has 0 saturated carbocycles. The number of amides is 1. The lowest BCUT2D eigenvalue weighted by atomic mass is 10.1. The summed E-state index contributed by atoms with van der Waals surface area (Å²) in [4.78, 5) is 22.5. The number of rotatable bonds is 10. The largest absolute Gasteiger partial charge is 0.492 e. The molecular weight excluding hydrogens is 400 g/mol. The molecule has 0 bridgehead atoms. The number of hydrogen-bond acceptors (Lipinski definition) is 5. The van der Waals surface area contributed by atoms with Gasteiger partial charge in [0.15, 0.2) is 5.82 Å². The second-order valence-electron chi connectivity index (χ2n) is 7.11. The van der Waals surface area contributed by atoms with E-state index in [1.165, 1.54) is 0 Å². The molecule has 1 amide bonds. The van der Waals surface area contributed by atoms with E-state index >= 15 is 0 Å². The number of pyridine rings is 2. The molecule has 6 nitrogen and oxygen atoms in total. The molecule has 0 spiro atoms. The number of aromatic nitrogens is 2. The first-order valence-electron chi connectivity index (χ1n) is 10.4. The van der Waals surface area contributed by atoms with E-state index in [1.54, 1.807) is 17.3 Å². The van der Waals surface area contributed by atoms with E-state index < -0.39 is 0 Å². The van der Waals surface area contributed by atoms with Crippen molar-refractivity contribution in [2.45, 2.75) is 6.54 Å². The highest BCUT2D eigenvalue weighted by Crippen LogP contribution is 2.28. The minimum Gasteiger partial charge on any atom is -0.492 e.